The molecule has 39 heavy (non-hydrogen) atoms. The first-order valence-electron chi connectivity index (χ1n) is 13.8. The number of rotatable bonds is 6. The van der Waals surface area contributed by atoms with Crippen LogP contribution in [0.15, 0.2) is 48.8 Å². The van der Waals surface area contributed by atoms with E-state index in [1.165, 1.54) is 16.8 Å². The van der Waals surface area contributed by atoms with E-state index < -0.39 is 0 Å². The van der Waals surface area contributed by atoms with Crippen LogP contribution in [0.1, 0.15) is 52.7 Å². The maximum absolute atomic E-state index is 5.36. The number of benzene rings is 2. The molecule has 1 aliphatic heterocycles. The molecule has 1 aliphatic rings. The van der Waals surface area contributed by atoms with Gasteiger partial charge in [-0.2, -0.15) is 9.97 Å². The molecule has 5 rings (SSSR count). The Morgan fingerprint density at radius 1 is 1.03 bits per heavy atom. The number of methoxy groups -OCH3 is 1. The number of nitrogens with zero attached hydrogens (tertiary/aromatic N) is 6. The predicted octanol–water partition coefficient (Wildman–Crippen LogP) is 6.31. The first-order chi connectivity index (χ1) is 18.5. The van der Waals surface area contributed by atoms with Crippen molar-refractivity contribution in [3.8, 4) is 5.75 Å². The van der Waals surface area contributed by atoms with Gasteiger partial charge in [0.25, 0.3) is 0 Å². The lowest BCUT2D eigenvalue weighted by atomic mass is 9.86. The fraction of sp³-hybridized carbons (Fsp3) is 0.452. The van der Waals surface area contributed by atoms with Gasteiger partial charge < -0.3 is 24.4 Å². The van der Waals surface area contributed by atoms with Gasteiger partial charge in [-0.1, -0.05) is 32.9 Å². The first kappa shape index (κ1) is 26.8. The Balaban J connectivity index is 1.49. The SMILES string of the molecule is CCn1cnc2nc(N3CCN(c4ccc(OC)cc4)C(C)(C)C3)nc(Nc3cc(C(C)(C)C)ccc3C)c21. The number of anilines is 4. The molecule has 0 saturated carbocycles. The molecule has 2 aromatic carbocycles. The molecule has 3 heterocycles. The monoisotopic (exact) mass is 527 g/mol. The van der Waals surface area contributed by atoms with Gasteiger partial charge in [-0.05, 0) is 74.6 Å². The molecule has 1 N–H and O–H groups in total. The Labute approximate surface area is 232 Å². The van der Waals surface area contributed by atoms with E-state index in [0.717, 1.165) is 49.0 Å². The van der Waals surface area contributed by atoms with Crippen molar-refractivity contribution in [1.82, 2.24) is 19.5 Å². The number of hydrogen-bond donors (Lipinski definition) is 1. The first-order valence-corrected chi connectivity index (χ1v) is 13.8. The van der Waals surface area contributed by atoms with Crippen LogP contribution in [0.4, 0.5) is 23.1 Å². The minimum atomic E-state index is -0.126. The number of aromatic nitrogens is 4. The highest BCUT2D eigenvalue weighted by Crippen LogP contribution is 2.34. The molecule has 0 unspecified atom stereocenters. The quantitative estimate of drug-likeness (QED) is 0.315. The van der Waals surface area contributed by atoms with Crippen LogP contribution in [0, 0.1) is 6.92 Å². The lowest BCUT2D eigenvalue weighted by molar-refractivity contribution is 0.408. The van der Waals surface area contributed by atoms with Crippen LogP contribution < -0.4 is 19.9 Å². The summed E-state index contributed by atoms with van der Waals surface area (Å²) in [6.07, 6.45) is 1.86. The van der Waals surface area contributed by atoms with E-state index in [9.17, 15) is 0 Å². The molecular formula is C31H41N7O. The number of imidazole rings is 1. The normalized spacial score (nSPS) is 15.6. The summed E-state index contributed by atoms with van der Waals surface area (Å²) in [5, 5.41) is 3.67. The number of nitrogens with one attached hydrogen (secondary N) is 1. The molecule has 1 fully saturated rings. The average molecular weight is 528 g/mol. The van der Waals surface area contributed by atoms with Gasteiger partial charge in [0.2, 0.25) is 5.95 Å². The Bertz CT molecular complexity index is 1470. The second-order valence-electron chi connectivity index (χ2n) is 12.1. The second-order valence-corrected chi connectivity index (χ2v) is 12.1. The zero-order valence-electron chi connectivity index (χ0n) is 24.5. The molecule has 1 saturated heterocycles. The smallest absolute Gasteiger partial charge is 0.229 e. The predicted molar refractivity (Wildman–Crippen MR) is 161 cm³/mol. The summed E-state index contributed by atoms with van der Waals surface area (Å²) < 4.78 is 7.46. The largest absolute Gasteiger partial charge is 0.497 e. The standard InChI is InChI=1S/C31H41N7O/c1-9-36-20-32-27-26(36)28(33-25-18-22(30(3,4)5)11-10-21(25)2)35-29(34-27)37-16-17-38(31(6,7)19-37)23-12-14-24(39-8)15-13-23/h10-15,18,20H,9,16-17,19H2,1-8H3,(H,33,34,35). The zero-order chi connectivity index (χ0) is 27.9. The number of piperazine rings is 1. The Morgan fingerprint density at radius 3 is 2.41 bits per heavy atom. The summed E-state index contributed by atoms with van der Waals surface area (Å²) in [6, 6.07) is 14.9. The van der Waals surface area contributed by atoms with Crippen LogP contribution in [0.3, 0.4) is 0 Å². The highest BCUT2D eigenvalue weighted by Gasteiger charge is 2.35. The van der Waals surface area contributed by atoms with Gasteiger partial charge in [0.05, 0.1) is 19.0 Å². The minimum Gasteiger partial charge on any atom is -0.497 e. The van der Waals surface area contributed by atoms with Crippen molar-refractivity contribution < 1.29 is 4.74 Å². The van der Waals surface area contributed by atoms with Crippen LogP contribution >= 0.6 is 0 Å². The molecule has 0 radical (unpaired) electrons. The molecule has 8 nitrogen and oxygen atoms in total. The summed E-state index contributed by atoms with van der Waals surface area (Å²) in [6.45, 7) is 18.8. The van der Waals surface area contributed by atoms with Crippen LogP contribution in [0.25, 0.3) is 11.2 Å². The van der Waals surface area contributed by atoms with E-state index in [1.54, 1.807) is 7.11 Å². The van der Waals surface area contributed by atoms with E-state index >= 15 is 0 Å². The fourth-order valence-corrected chi connectivity index (χ4v) is 5.35. The molecule has 0 spiro atoms. The van der Waals surface area contributed by atoms with Crippen molar-refractivity contribution in [3.63, 3.8) is 0 Å². The van der Waals surface area contributed by atoms with Gasteiger partial charge in [0, 0.05) is 37.6 Å². The maximum Gasteiger partial charge on any atom is 0.229 e. The van der Waals surface area contributed by atoms with Gasteiger partial charge in [-0.15, -0.1) is 0 Å². The highest BCUT2D eigenvalue weighted by molar-refractivity contribution is 5.87. The second kappa shape index (κ2) is 10.1. The van der Waals surface area contributed by atoms with Gasteiger partial charge in [-0.25, -0.2) is 4.98 Å². The van der Waals surface area contributed by atoms with Crippen LogP contribution in [0.2, 0.25) is 0 Å². The molecule has 0 amide bonds. The summed E-state index contributed by atoms with van der Waals surface area (Å²) in [7, 11) is 1.70. The van der Waals surface area contributed by atoms with E-state index in [4.69, 9.17) is 14.7 Å². The summed E-state index contributed by atoms with van der Waals surface area (Å²) >= 11 is 0. The van der Waals surface area contributed by atoms with Crippen molar-refractivity contribution in [2.75, 3.05) is 41.9 Å². The van der Waals surface area contributed by atoms with Gasteiger partial charge in [0.15, 0.2) is 11.5 Å². The number of fused-ring (bicyclic) bond motifs is 1. The zero-order valence-corrected chi connectivity index (χ0v) is 24.5. The van der Waals surface area contributed by atoms with Crippen LogP contribution in [-0.2, 0) is 12.0 Å². The molecule has 206 valence electrons. The van der Waals surface area contributed by atoms with Crippen LogP contribution in [-0.4, -0.2) is 51.8 Å². The Kier molecular flexibility index (Phi) is 6.91. The topological polar surface area (TPSA) is 71.3 Å². The average Bonchev–Trinajstić information content (AvgIpc) is 3.32. The molecule has 0 aliphatic carbocycles. The Morgan fingerprint density at radius 2 is 1.77 bits per heavy atom. The van der Waals surface area contributed by atoms with Crippen molar-refractivity contribution in [2.45, 2.75) is 66.0 Å². The van der Waals surface area contributed by atoms with E-state index in [0.29, 0.717) is 11.6 Å². The molecular weight excluding hydrogens is 486 g/mol. The fourth-order valence-electron chi connectivity index (χ4n) is 5.35. The molecule has 8 heteroatoms. The minimum absolute atomic E-state index is 0.0522. The number of hydrogen-bond acceptors (Lipinski definition) is 7. The van der Waals surface area contributed by atoms with Crippen molar-refractivity contribution in [2.24, 2.45) is 0 Å². The maximum atomic E-state index is 5.36. The van der Waals surface area contributed by atoms with Crippen LogP contribution in [0.5, 0.6) is 5.75 Å². The van der Waals surface area contributed by atoms with Crippen molar-refractivity contribution >= 4 is 34.3 Å². The highest BCUT2D eigenvalue weighted by atomic mass is 16.5. The molecule has 0 bridgehead atoms. The third-order valence-corrected chi connectivity index (χ3v) is 7.73. The van der Waals surface area contributed by atoms with Crippen molar-refractivity contribution in [1.29, 1.82) is 0 Å². The van der Waals surface area contributed by atoms with Gasteiger partial charge >= 0.3 is 0 Å². The third kappa shape index (κ3) is 5.24. The van der Waals surface area contributed by atoms with Gasteiger partial charge in [-0.3, -0.25) is 0 Å². The van der Waals surface area contributed by atoms with E-state index in [2.05, 4.69) is 103 Å². The molecule has 0 atom stereocenters. The summed E-state index contributed by atoms with van der Waals surface area (Å²) in [4.78, 5) is 19.5. The molecule has 4 aromatic rings. The van der Waals surface area contributed by atoms with E-state index in [-0.39, 0.29) is 11.0 Å². The van der Waals surface area contributed by atoms with Gasteiger partial charge in [0.1, 0.15) is 11.3 Å². The summed E-state index contributed by atoms with van der Waals surface area (Å²) in [5.41, 5.74) is 6.27. The van der Waals surface area contributed by atoms with Crippen molar-refractivity contribution in [3.05, 3.63) is 59.9 Å². The lowest BCUT2D eigenvalue weighted by Crippen LogP contribution is -2.60. The molecule has 2 aromatic heterocycles. The summed E-state index contributed by atoms with van der Waals surface area (Å²) in [5.74, 6) is 2.36. The Hall–Kier alpha value is -3.81. The third-order valence-electron chi connectivity index (χ3n) is 7.73. The van der Waals surface area contributed by atoms with E-state index in [1.807, 2.05) is 18.5 Å². The number of ether oxygens (including phenoxy) is 1. The lowest BCUT2D eigenvalue weighted by Gasteiger charge is -2.48. The number of aryl methyl sites for hydroxylation is 2.